The molecule has 0 amide bonds. The third kappa shape index (κ3) is 2.38. The van der Waals surface area contributed by atoms with Gasteiger partial charge in [-0.15, -0.1) is 11.6 Å². The molecule has 1 aromatic rings. The van der Waals surface area contributed by atoms with Gasteiger partial charge < -0.3 is 4.74 Å². The van der Waals surface area contributed by atoms with Crippen molar-refractivity contribution in [1.29, 1.82) is 0 Å². The molecule has 1 aromatic carbocycles. The zero-order valence-electron chi connectivity index (χ0n) is 8.39. The summed E-state index contributed by atoms with van der Waals surface area (Å²) < 4.78 is 18.2. The Morgan fingerprint density at radius 1 is 1.50 bits per heavy atom. The van der Waals surface area contributed by atoms with Gasteiger partial charge in [0.15, 0.2) is 11.6 Å². The van der Waals surface area contributed by atoms with Crippen molar-refractivity contribution in [3.8, 4) is 5.75 Å². The molecule has 1 nitrogen and oxygen atoms in total. The summed E-state index contributed by atoms with van der Waals surface area (Å²) in [6, 6.07) is 4.99. The minimum atomic E-state index is -0.325. The molecular weight excluding hydrogens is 203 g/mol. The smallest absolute Gasteiger partial charge is 0.165 e. The normalized spacial score (nSPS) is 12.6. The summed E-state index contributed by atoms with van der Waals surface area (Å²) in [4.78, 5) is 0. The lowest BCUT2D eigenvalue weighted by Gasteiger charge is -2.12. The lowest BCUT2D eigenvalue weighted by atomic mass is 9.98. The van der Waals surface area contributed by atoms with E-state index < -0.39 is 0 Å². The molecule has 0 aliphatic rings. The van der Waals surface area contributed by atoms with E-state index in [-0.39, 0.29) is 17.5 Å². The van der Waals surface area contributed by atoms with Gasteiger partial charge in [-0.2, -0.15) is 0 Å². The van der Waals surface area contributed by atoms with Crippen molar-refractivity contribution < 1.29 is 9.13 Å². The molecule has 1 atom stereocenters. The Hall–Kier alpha value is -0.760. The largest absolute Gasteiger partial charge is 0.494 e. The number of benzene rings is 1. The number of hydrogen-bond donors (Lipinski definition) is 0. The molecule has 78 valence electrons. The summed E-state index contributed by atoms with van der Waals surface area (Å²) in [5, 5.41) is 0. The Kier molecular flexibility index (Phi) is 4.21. The second kappa shape index (κ2) is 5.20. The Morgan fingerprint density at radius 2 is 2.21 bits per heavy atom. The van der Waals surface area contributed by atoms with Crippen LogP contribution in [0.4, 0.5) is 4.39 Å². The number of methoxy groups -OCH3 is 1. The van der Waals surface area contributed by atoms with Crippen molar-refractivity contribution in [1.82, 2.24) is 0 Å². The Balaban J connectivity index is 2.95. The lowest BCUT2D eigenvalue weighted by molar-refractivity contribution is 0.386. The minimum Gasteiger partial charge on any atom is -0.494 e. The van der Waals surface area contributed by atoms with E-state index in [0.29, 0.717) is 5.88 Å². The highest BCUT2D eigenvalue weighted by Gasteiger charge is 2.10. The maximum Gasteiger partial charge on any atom is 0.165 e. The molecule has 0 saturated carbocycles. The monoisotopic (exact) mass is 216 g/mol. The zero-order chi connectivity index (χ0) is 10.6. The first kappa shape index (κ1) is 11.3. The van der Waals surface area contributed by atoms with Gasteiger partial charge in [-0.3, -0.25) is 0 Å². The molecule has 3 heteroatoms. The molecular formula is C11H14ClFO. The van der Waals surface area contributed by atoms with Gasteiger partial charge in [0.25, 0.3) is 0 Å². The summed E-state index contributed by atoms with van der Waals surface area (Å²) in [6.07, 6.45) is 0.912. The van der Waals surface area contributed by atoms with Crippen molar-refractivity contribution in [3.63, 3.8) is 0 Å². The Morgan fingerprint density at radius 3 is 2.64 bits per heavy atom. The molecule has 0 fully saturated rings. The number of hydrogen-bond acceptors (Lipinski definition) is 1. The molecule has 0 aliphatic heterocycles. The van der Waals surface area contributed by atoms with E-state index in [2.05, 4.69) is 0 Å². The average Bonchev–Trinajstić information content (AvgIpc) is 2.20. The summed E-state index contributed by atoms with van der Waals surface area (Å²) in [5.41, 5.74) is 0.931. The van der Waals surface area contributed by atoms with Crippen LogP contribution in [0.15, 0.2) is 18.2 Å². The highest BCUT2D eigenvalue weighted by Crippen LogP contribution is 2.25. The van der Waals surface area contributed by atoms with Gasteiger partial charge in [-0.1, -0.05) is 13.0 Å². The molecule has 14 heavy (non-hydrogen) atoms. The fraction of sp³-hybridized carbons (Fsp3) is 0.455. The van der Waals surface area contributed by atoms with Gasteiger partial charge in [-0.25, -0.2) is 4.39 Å². The highest BCUT2D eigenvalue weighted by atomic mass is 35.5. The van der Waals surface area contributed by atoms with Crippen molar-refractivity contribution >= 4 is 11.6 Å². The fourth-order valence-electron chi connectivity index (χ4n) is 1.37. The van der Waals surface area contributed by atoms with E-state index in [1.54, 1.807) is 6.07 Å². The van der Waals surface area contributed by atoms with Crippen LogP contribution < -0.4 is 4.74 Å². The second-order valence-corrected chi connectivity index (χ2v) is 3.46. The molecule has 0 N–H and O–H groups in total. The molecule has 0 spiro atoms. The summed E-state index contributed by atoms with van der Waals surface area (Å²) in [7, 11) is 1.46. The van der Waals surface area contributed by atoms with Crippen molar-refractivity contribution in [3.05, 3.63) is 29.6 Å². The molecule has 1 rings (SSSR count). The first-order valence-electron chi connectivity index (χ1n) is 4.62. The number of alkyl halides is 1. The first-order valence-corrected chi connectivity index (χ1v) is 5.15. The standard InChI is InChI=1S/C11H14ClFO/c1-3-8(7-12)9-4-5-11(14-2)10(13)6-9/h4-6,8H,3,7H2,1-2H3. The number of halogens is 2. The van der Waals surface area contributed by atoms with Crippen LogP contribution in [0.3, 0.4) is 0 Å². The number of ether oxygens (including phenoxy) is 1. The van der Waals surface area contributed by atoms with Crippen molar-refractivity contribution in [2.24, 2.45) is 0 Å². The SMILES string of the molecule is CCC(CCl)c1ccc(OC)c(F)c1. The van der Waals surface area contributed by atoms with Crippen molar-refractivity contribution in [2.45, 2.75) is 19.3 Å². The van der Waals surface area contributed by atoms with Crippen LogP contribution in [0.25, 0.3) is 0 Å². The molecule has 1 unspecified atom stereocenters. The molecule has 0 heterocycles. The topological polar surface area (TPSA) is 9.23 Å². The lowest BCUT2D eigenvalue weighted by Crippen LogP contribution is -2.00. The predicted octanol–water partition coefficient (Wildman–Crippen LogP) is 3.57. The van der Waals surface area contributed by atoms with E-state index in [1.165, 1.54) is 13.2 Å². The predicted molar refractivity (Wildman–Crippen MR) is 56.7 cm³/mol. The van der Waals surface area contributed by atoms with E-state index in [1.807, 2.05) is 13.0 Å². The summed E-state index contributed by atoms with van der Waals surface area (Å²) in [6.45, 7) is 2.04. The van der Waals surface area contributed by atoms with Gasteiger partial charge in [0, 0.05) is 5.88 Å². The average molecular weight is 217 g/mol. The van der Waals surface area contributed by atoms with E-state index in [9.17, 15) is 4.39 Å². The van der Waals surface area contributed by atoms with Crippen LogP contribution in [0.2, 0.25) is 0 Å². The maximum absolute atomic E-state index is 13.3. The number of rotatable bonds is 4. The van der Waals surface area contributed by atoms with Gasteiger partial charge in [0.2, 0.25) is 0 Å². The Labute approximate surface area is 88.8 Å². The van der Waals surface area contributed by atoms with E-state index >= 15 is 0 Å². The van der Waals surface area contributed by atoms with Crippen LogP contribution in [0.1, 0.15) is 24.8 Å². The molecule has 0 bridgehead atoms. The third-order valence-corrected chi connectivity index (χ3v) is 2.70. The third-order valence-electron chi connectivity index (χ3n) is 2.33. The van der Waals surface area contributed by atoms with Crippen LogP contribution in [0, 0.1) is 5.82 Å². The zero-order valence-corrected chi connectivity index (χ0v) is 9.14. The second-order valence-electron chi connectivity index (χ2n) is 3.15. The molecule has 0 saturated heterocycles. The van der Waals surface area contributed by atoms with Gasteiger partial charge >= 0.3 is 0 Å². The first-order chi connectivity index (χ1) is 6.72. The quantitative estimate of drug-likeness (QED) is 0.700. The van der Waals surface area contributed by atoms with Crippen LogP contribution >= 0.6 is 11.6 Å². The molecule has 0 radical (unpaired) electrons. The van der Waals surface area contributed by atoms with Crippen molar-refractivity contribution in [2.75, 3.05) is 13.0 Å². The highest BCUT2D eigenvalue weighted by molar-refractivity contribution is 6.18. The Bertz CT molecular complexity index is 297. The maximum atomic E-state index is 13.3. The molecule has 0 aliphatic carbocycles. The summed E-state index contributed by atoms with van der Waals surface area (Å²) in [5.74, 6) is 0.686. The van der Waals surface area contributed by atoms with E-state index in [4.69, 9.17) is 16.3 Å². The fourth-order valence-corrected chi connectivity index (χ4v) is 1.77. The van der Waals surface area contributed by atoms with Crippen LogP contribution in [-0.2, 0) is 0 Å². The van der Waals surface area contributed by atoms with Gasteiger partial charge in [0.1, 0.15) is 0 Å². The van der Waals surface area contributed by atoms with Crippen LogP contribution in [0.5, 0.6) is 5.75 Å². The van der Waals surface area contributed by atoms with Gasteiger partial charge in [-0.05, 0) is 30.0 Å². The molecule has 0 aromatic heterocycles. The minimum absolute atomic E-state index is 0.220. The van der Waals surface area contributed by atoms with E-state index in [0.717, 1.165) is 12.0 Å². The summed E-state index contributed by atoms with van der Waals surface area (Å²) >= 11 is 5.77. The van der Waals surface area contributed by atoms with Gasteiger partial charge in [0.05, 0.1) is 7.11 Å². The van der Waals surface area contributed by atoms with Crippen LogP contribution in [-0.4, -0.2) is 13.0 Å².